The molecular weight excluding hydrogens is 250 g/mol. The van der Waals surface area contributed by atoms with Gasteiger partial charge in [0.15, 0.2) is 0 Å². The first-order valence-electron chi connectivity index (χ1n) is 7.72. The molecule has 3 heterocycles. The van der Waals surface area contributed by atoms with Crippen molar-refractivity contribution in [2.75, 3.05) is 26.7 Å². The molecule has 4 heteroatoms. The maximum atomic E-state index is 6.15. The van der Waals surface area contributed by atoms with E-state index in [1.54, 1.807) is 0 Å². The van der Waals surface area contributed by atoms with E-state index in [0.29, 0.717) is 6.04 Å². The van der Waals surface area contributed by atoms with Crippen LogP contribution in [0.1, 0.15) is 31.4 Å². The average molecular weight is 275 g/mol. The SMILES string of the molecule is CN(Cc1ccccn1)C1CCOC2(CCNCC2)C1. The molecule has 4 nitrogen and oxygen atoms in total. The number of nitrogens with one attached hydrogen (secondary N) is 1. The molecule has 1 aromatic heterocycles. The number of aromatic nitrogens is 1. The first-order valence-corrected chi connectivity index (χ1v) is 7.72. The molecule has 1 spiro atoms. The van der Waals surface area contributed by atoms with E-state index >= 15 is 0 Å². The zero-order chi connectivity index (χ0) is 13.8. The van der Waals surface area contributed by atoms with Crippen LogP contribution in [0.25, 0.3) is 0 Å². The number of nitrogens with zero attached hydrogens (tertiary/aromatic N) is 2. The van der Waals surface area contributed by atoms with Crippen molar-refractivity contribution in [3.63, 3.8) is 0 Å². The first-order chi connectivity index (χ1) is 9.77. The Balaban J connectivity index is 1.61. The number of hydrogen-bond acceptors (Lipinski definition) is 4. The summed E-state index contributed by atoms with van der Waals surface area (Å²) >= 11 is 0. The third-order valence-electron chi connectivity index (χ3n) is 4.74. The van der Waals surface area contributed by atoms with E-state index in [1.165, 1.54) is 0 Å². The second-order valence-electron chi connectivity index (χ2n) is 6.16. The molecule has 0 radical (unpaired) electrons. The molecule has 0 aromatic carbocycles. The highest BCUT2D eigenvalue weighted by molar-refractivity contribution is 5.04. The minimum atomic E-state index is 0.131. The molecule has 2 saturated heterocycles. The van der Waals surface area contributed by atoms with E-state index < -0.39 is 0 Å². The van der Waals surface area contributed by atoms with Crippen LogP contribution in [0.5, 0.6) is 0 Å². The Labute approximate surface area is 121 Å². The molecule has 0 aliphatic carbocycles. The summed E-state index contributed by atoms with van der Waals surface area (Å²) in [5.74, 6) is 0. The Bertz CT molecular complexity index is 411. The smallest absolute Gasteiger partial charge is 0.0721 e. The number of rotatable bonds is 3. The van der Waals surface area contributed by atoms with Gasteiger partial charge in [0.1, 0.15) is 0 Å². The van der Waals surface area contributed by atoms with Gasteiger partial charge in [-0.3, -0.25) is 9.88 Å². The highest BCUT2D eigenvalue weighted by atomic mass is 16.5. The van der Waals surface area contributed by atoms with E-state index in [0.717, 1.165) is 57.6 Å². The monoisotopic (exact) mass is 275 g/mol. The fraction of sp³-hybridized carbons (Fsp3) is 0.688. The Morgan fingerprint density at radius 3 is 3.00 bits per heavy atom. The predicted octanol–water partition coefficient (Wildman–Crippen LogP) is 1.81. The van der Waals surface area contributed by atoms with Crippen LogP contribution in [0, 0.1) is 0 Å². The van der Waals surface area contributed by atoms with Crippen LogP contribution in [0.4, 0.5) is 0 Å². The van der Waals surface area contributed by atoms with E-state index in [4.69, 9.17) is 4.74 Å². The van der Waals surface area contributed by atoms with Gasteiger partial charge in [-0.2, -0.15) is 0 Å². The molecule has 2 aliphatic rings. The zero-order valence-corrected chi connectivity index (χ0v) is 12.3. The maximum absolute atomic E-state index is 6.15. The van der Waals surface area contributed by atoms with Crippen LogP contribution in [0.15, 0.2) is 24.4 Å². The van der Waals surface area contributed by atoms with Gasteiger partial charge in [-0.25, -0.2) is 0 Å². The predicted molar refractivity (Wildman–Crippen MR) is 79.5 cm³/mol. The molecule has 0 saturated carbocycles. The summed E-state index contributed by atoms with van der Waals surface area (Å²) in [6.07, 6.45) is 6.49. The fourth-order valence-corrected chi connectivity index (χ4v) is 3.49. The van der Waals surface area contributed by atoms with Gasteiger partial charge in [0.2, 0.25) is 0 Å². The standard InChI is InChI=1S/C16H25N3O/c1-19(13-14-4-2-3-8-18-14)15-5-11-20-16(12-15)6-9-17-10-7-16/h2-4,8,15,17H,5-7,9-13H2,1H3. The van der Waals surface area contributed by atoms with Crippen LogP contribution in [-0.2, 0) is 11.3 Å². The third kappa shape index (κ3) is 3.19. The molecule has 1 aromatic rings. The van der Waals surface area contributed by atoms with E-state index in [2.05, 4.69) is 34.4 Å². The first kappa shape index (κ1) is 14.0. The molecule has 1 atom stereocenters. The zero-order valence-electron chi connectivity index (χ0n) is 12.3. The van der Waals surface area contributed by atoms with E-state index in [1.807, 2.05) is 12.3 Å². The van der Waals surface area contributed by atoms with Crippen LogP contribution in [0.3, 0.4) is 0 Å². The lowest BCUT2D eigenvalue weighted by Gasteiger charge is -2.46. The lowest BCUT2D eigenvalue weighted by atomic mass is 9.82. The summed E-state index contributed by atoms with van der Waals surface area (Å²) < 4.78 is 6.15. The average Bonchev–Trinajstić information content (AvgIpc) is 2.49. The van der Waals surface area contributed by atoms with Crippen LogP contribution >= 0.6 is 0 Å². The van der Waals surface area contributed by atoms with Gasteiger partial charge in [0.05, 0.1) is 11.3 Å². The molecule has 1 unspecified atom stereocenters. The summed E-state index contributed by atoms with van der Waals surface area (Å²) in [6.45, 7) is 4.02. The Hall–Kier alpha value is -0.970. The number of ether oxygens (including phenoxy) is 1. The Kier molecular flexibility index (Phi) is 4.34. The van der Waals surface area contributed by atoms with Crippen molar-refractivity contribution in [1.29, 1.82) is 0 Å². The van der Waals surface area contributed by atoms with Gasteiger partial charge >= 0.3 is 0 Å². The topological polar surface area (TPSA) is 37.4 Å². The Morgan fingerprint density at radius 2 is 2.25 bits per heavy atom. The van der Waals surface area contributed by atoms with E-state index in [9.17, 15) is 0 Å². The minimum Gasteiger partial charge on any atom is -0.375 e. The fourth-order valence-electron chi connectivity index (χ4n) is 3.49. The van der Waals surface area contributed by atoms with Crippen molar-refractivity contribution in [2.45, 2.75) is 43.9 Å². The van der Waals surface area contributed by atoms with Crippen molar-refractivity contribution < 1.29 is 4.74 Å². The van der Waals surface area contributed by atoms with Crippen LogP contribution < -0.4 is 5.32 Å². The largest absolute Gasteiger partial charge is 0.375 e. The maximum Gasteiger partial charge on any atom is 0.0721 e. The molecule has 20 heavy (non-hydrogen) atoms. The number of hydrogen-bond donors (Lipinski definition) is 1. The molecule has 3 rings (SSSR count). The molecule has 2 fully saturated rings. The lowest BCUT2D eigenvalue weighted by molar-refractivity contribution is -0.119. The van der Waals surface area contributed by atoms with Crippen LogP contribution in [0.2, 0.25) is 0 Å². The normalized spacial score (nSPS) is 26.0. The molecule has 0 amide bonds. The lowest BCUT2D eigenvalue weighted by Crippen LogP contribution is -2.52. The van der Waals surface area contributed by atoms with Gasteiger partial charge in [-0.15, -0.1) is 0 Å². The summed E-state index contributed by atoms with van der Waals surface area (Å²) in [5, 5.41) is 3.44. The van der Waals surface area contributed by atoms with Gasteiger partial charge in [0.25, 0.3) is 0 Å². The second-order valence-corrected chi connectivity index (χ2v) is 6.16. The van der Waals surface area contributed by atoms with Crippen molar-refractivity contribution in [2.24, 2.45) is 0 Å². The Morgan fingerprint density at radius 1 is 1.40 bits per heavy atom. The minimum absolute atomic E-state index is 0.131. The van der Waals surface area contributed by atoms with Crippen molar-refractivity contribution in [3.8, 4) is 0 Å². The number of pyridine rings is 1. The van der Waals surface area contributed by atoms with Gasteiger partial charge in [-0.1, -0.05) is 6.07 Å². The number of piperidine rings is 1. The molecule has 0 bridgehead atoms. The quantitative estimate of drug-likeness (QED) is 0.913. The second kappa shape index (κ2) is 6.20. The summed E-state index contributed by atoms with van der Waals surface area (Å²) in [4.78, 5) is 6.89. The van der Waals surface area contributed by atoms with E-state index in [-0.39, 0.29) is 5.60 Å². The highest BCUT2D eigenvalue weighted by Gasteiger charge is 2.39. The van der Waals surface area contributed by atoms with Gasteiger partial charge < -0.3 is 10.1 Å². The van der Waals surface area contributed by atoms with Crippen molar-refractivity contribution in [3.05, 3.63) is 30.1 Å². The molecular formula is C16H25N3O. The van der Waals surface area contributed by atoms with Crippen molar-refractivity contribution in [1.82, 2.24) is 15.2 Å². The van der Waals surface area contributed by atoms with Gasteiger partial charge in [-0.05, 0) is 58.0 Å². The highest BCUT2D eigenvalue weighted by Crippen LogP contribution is 2.34. The summed E-state index contributed by atoms with van der Waals surface area (Å²) in [6, 6.07) is 6.76. The summed E-state index contributed by atoms with van der Waals surface area (Å²) in [5.41, 5.74) is 1.29. The van der Waals surface area contributed by atoms with Gasteiger partial charge in [0, 0.05) is 25.4 Å². The third-order valence-corrected chi connectivity index (χ3v) is 4.74. The molecule has 110 valence electrons. The van der Waals surface area contributed by atoms with Crippen LogP contribution in [-0.4, -0.2) is 48.3 Å². The molecule has 1 N–H and O–H groups in total. The van der Waals surface area contributed by atoms with Crippen molar-refractivity contribution >= 4 is 0 Å². The molecule has 2 aliphatic heterocycles. The summed E-state index contributed by atoms with van der Waals surface area (Å²) in [7, 11) is 2.22.